The highest BCUT2D eigenvalue weighted by atomic mass is 35.5. The third-order valence-corrected chi connectivity index (χ3v) is 7.15. The van der Waals surface area contributed by atoms with E-state index < -0.39 is 12.3 Å². The van der Waals surface area contributed by atoms with Crippen molar-refractivity contribution < 1.29 is 14.6 Å². The zero-order valence-electron chi connectivity index (χ0n) is 21.4. The molecule has 0 saturated heterocycles. The Morgan fingerprint density at radius 1 is 1.03 bits per heavy atom. The van der Waals surface area contributed by atoms with Gasteiger partial charge in [0.2, 0.25) is 5.88 Å². The average molecular weight is 567 g/mol. The zero-order chi connectivity index (χ0) is 27.4. The highest BCUT2D eigenvalue weighted by Gasteiger charge is 2.45. The summed E-state index contributed by atoms with van der Waals surface area (Å²) >= 11 is 12.7. The van der Waals surface area contributed by atoms with Crippen LogP contribution >= 0.6 is 23.2 Å². The van der Waals surface area contributed by atoms with E-state index in [-0.39, 0.29) is 12.1 Å². The Hall–Kier alpha value is -3.93. The summed E-state index contributed by atoms with van der Waals surface area (Å²) in [5.41, 5.74) is 3.88. The Morgan fingerprint density at radius 2 is 1.79 bits per heavy atom. The van der Waals surface area contributed by atoms with E-state index in [4.69, 9.17) is 37.7 Å². The van der Waals surface area contributed by atoms with Crippen LogP contribution in [0.5, 0.6) is 11.9 Å². The minimum Gasteiger partial charge on any atom is -0.480 e. The average Bonchev–Trinajstić information content (AvgIpc) is 3.62. The van der Waals surface area contributed by atoms with E-state index >= 15 is 0 Å². The van der Waals surface area contributed by atoms with Gasteiger partial charge in [-0.2, -0.15) is 4.98 Å². The molecule has 1 aliphatic rings. The summed E-state index contributed by atoms with van der Waals surface area (Å²) in [7, 11) is 3.01. The molecule has 0 spiro atoms. The van der Waals surface area contributed by atoms with Crippen molar-refractivity contribution >= 4 is 34.5 Å². The van der Waals surface area contributed by atoms with E-state index in [0.29, 0.717) is 44.3 Å². The third kappa shape index (κ3) is 4.05. The molecular formula is C26H24Cl2N8O3. The molecule has 11 nitrogen and oxygen atoms in total. The zero-order valence-corrected chi connectivity index (χ0v) is 23.0. The fraction of sp³-hybridized carbons (Fsp3) is 0.269. The quantitative estimate of drug-likeness (QED) is 0.306. The lowest BCUT2D eigenvalue weighted by molar-refractivity contribution is 0.174. The van der Waals surface area contributed by atoms with Crippen LogP contribution in [0.15, 0.2) is 49.1 Å². The lowest BCUT2D eigenvalue weighted by Gasteiger charge is -2.32. The lowest BCUT2D eigenvalue weighted by atomic mass is 10.0. The van der Waals surface area contributed by atoms with Gasteiger partial charge in [0.25, 0.3) is 0 Å². The van der Waals surface area contributed by atoms with Crippen molar-refractivity contribution in [2.75, 3.05) is 19.1 Å². The fourth-order valence-corrected chi connectivity index (χ4v) is 5.44. The number of methoxy groups -OCH3 is 2. The number of pyridine rings is 1. The Morgan fingerprint density at radius 3 is 2.49 bits per heavy atom. The molecule has 0 aliphatic carbocycles. The van der Waals surface area contributed by atoms with Crippen LogP contribution in [0, 0.1) is 0 Å². The van der Waals surface area contributed by atoms with Gasteiger partial charge in [0.15, 0.2) is 11.9 Å². The maximum Gasteiger partial charge on any atom is 0.319 e. The molecule has 0 amide bonds. The van der Waals surface area contributed by atoms with Crippen molar-refractivity contribution in [2.45, 2.75) is 32.2 Å². The SMILES string of the molecule is COc1ncc(-c2nc3c(n2C(C)C)[C@@H](c2ccc(Cl)cc2)N(c2cc(Cl)cn4cnnc24)C3O)c(OC)n1. The first-order valence-electron chi connectivity index (χ1n) is 12.1. The van der Waals surface area contributed by atoms with Gasteiger partial charge in [0, 0.05) is 23.5 Å². The predicted molar refractivity (Wildman–Crippen MR) is 145 cm³/mol. The standard InChI is InChI=1S/C26H24Cl2N8O3/c1-13(2)35-21-19(31-22(35)17-10-29-26(39-4)32-24(17)38-3)25(37)36(20(21)14-5-7-15(27)8-6-14)18-9-16(28)11-34-12-30-33-23(18)34/h5-13,20,25,37H,1-4H3/t20-,25?/m1/s1. The van der Waals surface area contributed by atoms with E-state index in [1.807, 2.05) is 43.0 Å². The van der Waals surface area contributed by atoms with Crippen LogP contribution in [-0.2, 0) is 0 Å². The number of aromatic nitrogens is 7. The monoisotopic (exact) mass is 566 g/mol. The smallest absolute Gasteiger partial charge is 0.319 e. The Bertz CT molecular complexity index is 1690. The highest BCUT2D eigenvalue weighted by Crippen LogP contribution is 2.50. The maximum absolute atomic E-state index is 11.9. The van der Waals surface area contributed by atoms with Gasteiger partial charge >= 0.3 is 6.01 Å². The molecule has 0 fully saturated rings. The first-order chi connectivity index (χ1) is 18.8. The molecular weight excluding hydrogens is 543 g/mol. The second kappa shape index (κ2) is 9.67. The second-order valence-electron chi connectivity index (χ2n) is 9.29. The normalized spacial score (nSPS) is 16.8. The number of hydrogen-bond donors (Lipinski definition) is 1. The van der Waals surface area contributed by atoms with E-state index in [0.717, 1.165) is 11.3 Å². The predicted octanol–water partition coefficient (Wildman–Crippen LogP) is 4.89. The molecule has 5 heterocycles. The van der Waals surface area contributed by atoms with E-state index in [1.165, 1.54) is 14.2 Å². The van der Waals surface area contributed by atoms with Gasteiger partial charge in [-0.25, -0.2) is 9.97 Å². The summed E-state index contributed by atoms with van der Waals surface area (Å²) in [5, 5.41) is 21.3. The van der Waals surface area contributed by atoms with Crippen LogP contribution in [-0.4, -0.2) is 53.4 Å². The maximum atomic E-state index is 11.9. The number of ether oxygens (including phenoxy) is 2. The second-order valence-corrected chi connectivity index (χ2v) is 10.2. The van der Waals surface area contributed by atoms with Gasteiger partial charge in [-0.3, -0.25) is 4.40 Å². The van der Waals surface area contributed by atoms with Crippen molar-refractivity contribution in [2.24, 2.45) is 0 Å². The molecule has 0 bridgehead atoms. The molecule has 1 N–H and O–H groups in total. The molecule has 0 saturated carbocycles. The van der Waals surface area contributed by atoms with Gasteiger partial charge in [0.05, 0.1) is 42.2 Å². The molecule has 13 heteroatoms. The summed E-state index contributed by atoms with van der Waals surface area (Å²) in [5.74, 6) is 0.868. The number of fused-ring (bicyclic) bond motifs is 2. The third-order valence-electron chi connectivity index (χ3n) is 6.69. The minimum absolute atomic E-state index is 0.0579. The van der Waals surface area contributed by atoms with E-state index in [2.05, 4.69) is 24.7 Å². The largest absolute Gasteiger partial charge is 0.480 e. The summed E-state index contributed by atoms with van der Waals surface area (Å²) in [6, 6.07) is 8.92. The molecule has 4 aromatic heterocycles. The van der Waals surface area contributed by atoms with Gasteiger partial charge in [-0.1, -0.05) is 35.3 Å². The molecule has 200 valence electrons. The summed E-state index contributed by atoms with van der Waals surface area (Å²) < 4.78 is 14.5. The van der Waals surface area contributed by atoms with Gasteiger partial charge < -0.3 is 24.0 Å². The number of imidazole rings is 1. The Kier molecular flexibility index (Phi) is 6.29. The molecule has 1 unspecified atom stereocenters. The summed E-state index contributed by atoms with van der Waals surface area (Å²) in [4.78, 5) is 15.4. The molecule has 6 rings (SSSR count). The summed E-state index contributed by atoms with van der Waals surface area (Å²) in [6.45, 7) is 4.10. The van der Waals surface area contributed by atoms with Crippen LogP contribution in [0.1, 0.15) is 49.1 Å². The summed E-state index contributed by atoms with van der Waals surface area (Å²) in [6.07, 6.45) is 3.76. The molecule has 5 aromatic rings. The van der Waals surface area contributed by atoms with Crippen LogP contribution in [0.25, 0.3) is 17.0 Å². The van der Waals surface area contributed by atoms with E-state index in [9.17, 15) is 5.11 Å². The van der Waals surface area contributed by atoms with Crippen LogP contribution in [0.4, 0.5) is 5.69 Å². The van der Waals surface area contributed by atoms with Crippen molar-refractivity contribution in [3.63, 3.8) is 0 Å². The van der Waals surface area contributed by atoms with Crippen molar-refractivity contribution in [3.8, 4) is 23.3 Å². The highest BCUT2D eigenvalue weighted by molar-refractivity contribution is 6.31. The lowest BCUT2D eigenvalue weighted by Crippen LogP contribution is -2.29. The molecule has 1 aliphatic heterocycles. The van der Waals surface area contributed by atoms with Gasteiger partial charge in [-0.15, -0.1) is 10.2 Å². The molecule has 39 heavy (non-hydrogen) atoms. The number of halogens is 2. The number of benzene rings is 1. The number of anilines is 1. The van der Waals surface area contributed by atoms with E-state index in [1.54, 1.807) is 29.2 Å². The van der Waals surface area contributed by atoms with Crippen molar-refractivity contribution in [3.05, 3.63) is 76.0 Å². The van der Waals surface area contributed by atoms with Crippen molar-refractivity contribution in [1.82, 2.24) is 34.1 Å². The first kappa shape index (κ1) is 25.4. The topological polar surface area (TPSA) is 116 Å². The fourth-order valence-electron chi connectivity index (χ4n) is 5.11. The number of aliphatic hydroxyl groups is 1. The Balaban J connectivity index is 1.62. The molecule has 0 radical (unpaired) electrons. The van der Waals surface area contributed by atoms with Crippen LogP contribution < -0.4 is 14.4 Å². The number of rotatable bonds is 6. The Labute approximate surface area is 233 Å². The van der Waals surface area contributed by atoms with Crippen LogP contribution in [0.2, 0.25) is 10.0 Å². The number of nitrogens with zero attached hydrogens (tertiary/aromatic N) is 8. The van der Waals surface area contributed by atoms with Gasteiger partial charge in [-0.05, 0) is 37.6 Å². The van der Waals surface area contributed by atoms with Gasteiger partial charge in [0.1, 0.15) is 17.8 Å². The first-order valence-corrected chi connectivity index (χ1v) is 12.9. The van der Waals surface area contributed by atoms with Crippen LogP contribution in [0.3, 0.4) is 0 Å². The number of hydrogen-bond acceptors (Lipinski definition) is 9. The molecule has 2 atom stereocenters. The number of aliphatic hydroxyl groups excluding tert-OH is 1. The molecule has 1 aromatic carbocycles. The van der Waals surface area contributed by atoms with Crippen molar-refractivity contribution in [1.29, 1.82) is 0 Å². The minimum atomic E-state index is -1.14.